The minimum atomic E-state index is 0. The average molecular weight is 744 g/mol. The molecule has 0 saturated carbocycles. The first-order valence-electron chi connectivity index (χ1n) is 17.1. The van der Waals surface area contributed by atoms with Crippen molar-refractivity contribution in [3.8, 4) is 22.3 Å². The Balaban J connectivity index is 0.000000207. The van der Waals surface area contributed by atoms with E-state index in [0.29, 0.717) is 5.92 Å². The molecule has 0 saturated heterocycles. The molecule has 0 bridgehead atoms. The van der Waals surface area contributed by atoms with Crippen LogP contribution < -0.4 is 0 Å². The summed E-state index contributed by atoms with van der Waals surface area (Å²) in [6, 6.07) is 51.2. The van der Waals surface area contributed by atoms with Gasteiger partial charge in [-0.05, 0) is 45.0 Å². The first-order valence-corrected chi connectivity index (χ1v) is 21.3. The molecule has 8 rings (SSSR count). The first kappa shape index (κ1) is 39.0. The predicted octanol–water partition coefficient (Wildman–Crippen LogP) is 14.0. The number of aryl methyl sites for hydroxylation is 2. The molecule has 8 aromatic carbocycles. The molecule has 0 fully saturated rings. The van der Waals surface area contributed by atoms with Crippen molar-refractivity contribution in [1.29, 1.82) is 0 Å². The second-order valence-electron chi connectivity index (χ2n) is 13.0. The molecule has 50 heavy (non-hydrogen) atoms. The molecule has 0 N–H and O–H groups in total. The minimum absolute atomic E-state index is 0. The van der Waals surface area contributed by atoms with Crippen molar-refractivity contribution in [3.05, 3.63) is 171 Å². The zero-order valence-electron chi connectivity index (χ0n) is 30.5. The molecule has 0 aromatic heterocycles. The van der Waals surface area contributed by atoms with E-state index in [1.807, 2.05) is 0 Å². The van der Waals surface area contributed by atoms with Gasteiger partial charge in [0.1, 0.15) is 0 Å². The zero-order valence-corrected chi connectivity index (χ0v) is 33.9. The fourth-order valence-corrected chi connectivity index (χ4v) is 7.01. The van der Waals surface area contributed by atoms with Gasteiger partial charge in [0, 0.05) is 0 Å². The van der Waals surface area contributed by atoms with Crippen molar-refractivity contribution in [2.24, 2.45) is 0 Å². The van der Waals surface area contributed by atoms with Gasteiger partial charge >= 0.3 is 30.2 Å². The van der Waals surface area contributed by atoms with Crippen LogP contribution in [-0.2, 0) is 29.8 Å². The summed E-state index contributed by atoms with van der Waals surface area (Å²) in [5, 5.41) is 10.8. The Morgan fingerprint density at radius 2 is 1.10 bits per heavy atom. The summed E-state index contributed by atoms with van der Waals surface area (Å²) in [6.07, 6.45) is 3.69. The van der Waals surface area contributed by atoms with Gasteiger partial charge in [-0.25, -0.2) is 0 Å². The van der Waals surface area contributed by atoms with Crippen LogP contribution in [-0.4, -0.2) is 6.88 Å². The molecule has 0 heterocycles. The van der Waals surface area contributed by atoms with E-state index >= 15 is 0 Å². The first-order chi connectivity index (χ1) is 23.5. The van der Waals surface area contributed by atoms with E-state index in [4.69, 9.17) is 0 Å². The summed E-state index contributed by atoms with van der Waals surface area (Å²) in [6.45, 7) is 12.1. The Morgan fingerprint density at radius 3 is 1.68 bits per heavy atom. The molecular weight excluding hydrogens is 696 g/mol. The molecule has 0 aliphatic heterocycles. The zero-order chi connectivity index (χ0) is 33.6. The Hall–Kier alpha value is -3.84. The van der Waals surface area contributed by atoms with Crippen molar-refractivity contribution in [2.75, 3.05) is 0 Å². The topological polar surface area (TPSA) is 0 Å². The maximum absolute atomic E-state index is 3.06. The van der Waals surface area contributed by atoms with Crippen molar-refractivity contribution in [2.45, 2.75) is 52.9 Å². The molecule has 0 amide bonds. The second kappa shape index (κ2) is 17.9. The number of hydrogen-bond donors (Lipinski definition) is 0. The van der Waals surface area contributed by atoms with Gasteiger partial charge in [-0.15, -0.1) is 68.6 Å². The number of hydrogen-bond acceptors (Lipinski definition) is 0. The van der Waals surface area contributed by atoms with Gasteiger partial charge in [0.05, 0.1) is 0 Å². The summed E-state index contributed by atoms with van der Waals surface area (Å²) >= 11 is 1.36. The van der Waals surface area contributed by atoms with E-state index in [-0.39, 0.29) is 14.9 Å². The molecule has 0 aliphatic carbocycles. The quantitative estimate of drug-likeness (QED) is 0.118. The molecule has 0 nitrogen and oxygen atoms in total. The normalized spacial score (nSPS) is 10.6. The second-order valence-corrected chi connectivity index (χ2v) is 13.0. The number of rotatable bonds is 6. The Morgan fingerprint density at radius 1 is 0.580 bits per heavy atom. The van der Waals surface area contributed by atoms with Crippen LogP contribution in [0.15, 0.2) is 140 Å². The molecule has 252 valence electrons. The number of benzene rings is 6. The van der Waals surface area contributed by atoms with Crippen LogP contribution >= 0.6 is 0 Å². The number of fused-ring (bicyclic) bond motifs is 4. The van der Waals surface area contributed by atoms with E-state index < -0.39 is 0 Å². The Labute approximate surface area is 317 Å². The van der Waals surface area contributed by atoms with Gasteiger partial charge in [-0.3, -0.25) is 0 Å². The SMILES string of the molecule is CC(C)c1cc2c(-c3cccc4ccccc34)cccc2[cH-]1.CCCCc1cc2c(-c3cccc4ccccc34)ccc(C)c2[cH-]1.[CH3-].[CH3-].[Si]=[Zr]. The summed E-state index contributed by atoms with van der Waals surface area (Å²) in [5.74, 6) is 0.563. The Bertz CT molecular complexity index is 2300. The van der Waals surface area contributed by atoms with Gasteiger partial charge in [-0.1, -0.05) is 149 Å². The summed E-state index contributed by atoms with van der Waals surface area (Å²) < 4.78 is 0. The third-order valence-corrected chi connectivity index (χ3v) is 9.58. The van der Waals surface area contributed by atoms with Crippen molar-refractivity contribution >= 4 is 50.0 Å². The van der Waals surface area contributed by atoms with Gasteiger partial charge < -0.3 is 14.9 Å². The Kier molecular flexibility index (Phi) is 13.9. The fourth-order valence-electron chi connectivity index (χ4n) is 7.01. The third kappa shape index (κ3) is 8.04. The van der Waals surface area contributed by atoms with Gasteiger partial charge in [0.15, 0.2) is 0 Å². The molecule has 2 heteroatoms. The van der Waals surface area contributed by atoms with Crippen LogP contribution in [0.25, 0.3) is 65.3 Å². The van der Waals surface area contributed by atoms with E-state index in [1.165, 1.54) is 125 Å². The van der Waals surface area contributed by atoms with Crippen molar-refractivity contribution < 1.29 is 23.3 Å². The van der Waals surface area contributed by atoms with Crippen molar-refractivity contribution in [1.82, 2.24) is 0 Å². The molecule has 0 atom stereocenters. The monoisotopic (exact) mass is 742 g/mol. The van der Waals surface area contributed by atoms with Crippen molar-refractivity contribution in [3.63, 3.8) is 0 Å². The van der Waals surface area contributed by atoms with Crippen LogP contribution in [0.1, 0.15) is 56.2 Å². The predicted molar refractivity (Wildman–Crippen MR) is 221 cm³/mol. The standard InChI is InChI=1S/C24H23.C22H19.2CH3.Si.Zr/c1-3-4-8-18-15-23-17(2)13-14-22(24(23)16-18)21-12-7-10-19-9-5-6-11-20(19)21;1-15(2)18-13-17-9-6-12-21(22(17)14-18)20-11-5-8-16-7-3-4-10-19(16)20;;;;/h5-7,9-16H,3-4,8H2,1-2H3;3-15H,1-2H3;2*1H3;;/q4*-1;;. The van der Waals surface area contributed by atoms with E-state index in [0.717, 1.165) is 0 Å². The molecule has 2 radical (unpaired) electrons. The van der Waals surface area contributed by atoms with Crippen LogP contribution in [0.4, 0.5) is 0 Å². The van der Waals surface area contributed by atoms with Crippen LogP contribution in [0.5, 0.6) is 0 Å². The molecule has 8 aromatic rings. The number of unbranched alkanes of at least 4 members (excludes halogenated alkanes) is 1. The van der Waals surface area contributed by atoms with E-state index in [9.17, 15) is 0 Å². The van der Waals surface area contributed by atoms with Gasteiger partial charge in [0.25, 0.3) is 0 Å². The molecule has 0 aliphatic rings. The van der Waals surface area contributed by atoms with Gasteiger partial charge in [-0.2, -0.15) is 12.1 Å². The summed E-state index contributed by atoms with van der Waals surface area (Å²) in [5.41, 5.74) is 9.62. The molecule has 0 unspecified atom stereocenters. The summed E-state index contributed by atoms with van der Waals surface area (Å²) in [4.78, 5) is 0. The van der Waals surface area contributed by atoms with E-state index in [2.05, 4.69) is 174 Å². The van der Waals surface area contributed by atoms with Crippen LogP contribution in [0.3, 0.4) is 0 Å². The third-order valence-electron chi connectivity index (χ3n) is 9.58. The summed E-state index contributed by atoms with van der Waals surface area (Å²) in [7, 11) is 0. The fraction of sp³-hybridized carbons (Fsp3) is 0.167. The molecule has 0 spiro atoms. The molecular formula is C48H48SiZr-4. The average Bonchev–Trinajstić information content (AvgIpc) is 3.78. The van der Waals surface area contributed by atoms with Crippen LogP contribution in [0, 0.1) is 21.8 Å². The van der Waals surface area contributed by atoms with E-state index in [1.54, 1.807) is 0 Å². The van der Waals surface area contributed by atoms with Crippen LogP contribution in [0.2, 0.25) is 0 Å². The van der Waals surface area contributed by atoms with Gasteiger partial charge in [0.2, 0.25) is 0 Å². The maximum atomic E-state index is 3.06.